The molecule has 0 radical (unpaired) electrons. The summed E-state index contributed by atoms with van der Waals surface area (Å²) >= 11 is 3.33. The van der Waals surface area contributed by atoms with Gasteiger partial charge in [0.05, 0.1) is 6.61 Å². The molecule has 1 amide bonds. The number of nitrogens with zero attached hydrogens (tertiary/aromatic N) is 1. The van der Waals surface area contributed by atoms with Crippen molar-refractivity contribution in [2.45, 2.75) is 38.6 Å². The maximum Gasteiger partial charge on any atom is 0.262 e. The van der Waals surface area contributed by atoms with E-state index in [-0.39, 0.29) is 17.4 Å². The molecular formula is C17H19BrN2O3. The summed E-state index contributed by atoms with van der Waals surface area (Å²) in [4.78, 5) is 12.2. The number of phenolic OH excluding ortho intramolecular Hbond substituents is 1. The van der Waals surface area contributed by atoms with Crippen LogP contribution in [0.25, 0.3) is 6.08 Å². The van der Waals surface area contributed by atoms with Crippen LogP contribution >= 0.6 is 15.9 Å². The lowest BCUT2D eigenvalue weighted by Crippen LogP contribution is -2.33. The molecule has 1 aromatic carbocycles. The van der Waals surface area contributed by atoms with Gasteiger partial charge in [0.2, 0.25) is 0 Å². The van der Waals surface area contributed by atoms with Crippen LogP contribution in [0.4, 0.5) is 0 Å². The standard InChI is InChI=1S/C17H19BrN2O3/c1-2-23-15-9-13(18)8-11(16(15)21)7-12(10-19)17(22)20-14-5-3-4-6-14/h7-9,14,21H,2-6H2,1H3,(H,20,22)/b12-7-. The van der Waals surface area contributed by atoms with Crippen molar-refractivity contribution in [3.05, 3.63) is 27.7 Å². The van der Waals surface area contributed by atoms with E-state index in [1.54, 1.807) is 12.1 Å². The van der Waals surface area contributed by atoms with Crippen molar-refractivity contribution in [3.63, 3.8) is 0 Å². The molecule has 0 saturated heterocycles. The third-order valence-corrected chi connectivity index (χ3v) is 4.18. The average molecular weight is 379 g/mol. The van der Waals surface area contributed by atoms with Gasteiger partial charge >= 0.3 is 0 Å². The van der Waals surface area contributed by atoms with Gasteiger partial charge in [0.25, 0.3) is 5.91 Å². The second-order valence-electron chi connectivity index (χ2n) is 5.40. The highest BCUT2D eigenvalue weighted by Crippen LogP contribution is 2.35. The zero-order chi connectivity index (χ0) is 16.8. The lowest BCUT2D eigenvalue weighted by atomic mass is 10.1. The van der Waals surface area contributed by atoms with Crippen LogP contribution in [0.3, 0.4) is 0 Å². The molecule has 122 valence electrons. The first kappa shape index (κ1) is 17.4. The molecule has 1 aliphatic carbocycles. The number of halogens is 1. The number of hydrogen-bond donors (Lipinski definition) is 2. The van der Waals surface area contributed by atoms with E-state index < -0.39 is 5.91 Å². The maximum atomic E-state index is 12.2. The quantitative estimate of drug-likeness (QED) is 0.606. The molecule has 2 rings (SSSR count). The number of carbonyl (C=O) groups is 1. The number of carbonyl (C=O) groups excluding carboxylic acids is 1. The minimum absolute atomic E-state index is 0.0345. The molecule has 1 aromatic rings. The molecule has 23 heavy (non-hydrogen) atoms. The fourth-order valence-corrected chi connectivity index (χ4v) is 3.06. The van der Waals surface area contributed by atoms with Crippen molar-refractivity contribution >= 4 is 27.9 Å². The summed E-state index contributed by atoms with van der Waals surface area (Å²) in [7, 11) is 0. The predicted molar refractivity (Wildman–Crippen MR) is 91.0 cm³/mol. The van der Waals surface area contributed by atoms with Crippen molar-refractivity contribution in [1.82, 2.24) is 5.32 Å². The Hall–Kier alpha value is -2.00. The minimum atomic E-state index is -0.406. The molecule has 1 saturated carbocycles. The van der Waals surface area contributed by atoms with E-state index in [4.69, 9.17) is 4.74 Å². The molecule has 0 bridgehead atoms. The van der Waals surface area contributed by atoms with E-state index in [0.29, 0.717) is 22.4 Å². The molecule has 0 aliphatic heterocycles. The SMILES string of the molecule is CCOc1cc(Br)cc(/C=C(/C#N)C(=O)NC2CCCC2)c1O. The Morgan fingerprint density at radius 3 is 2.83 bits per heavy atom. The molecule has 0 heterocycles. The minimum Gasteiger partial charge on any atom is -0.504 e. The fourth-order valence-electron chi connectivity index (χ4n) is 2.61. The normalized spacial score (nSPS) is 15.3. The highest BCUT2D eigenvalue weighted by atomic mass is 79.9. The molecule has 2 N–H and O–H groups in total. The lowest BCUT2D eigenvalue weighted by molar-refractivity contribution is -0.117. The van der Waals surface area contributed by atoms with Gasteiger partial charge in [0.1, 0.15) is 11.6 Å². The van der Waals surface area contributed by atoms with Gasteiger partial charge < -0.3 is 15.2 Å². The molecule has 0 spiro atoms. The Balaban J connectivity index is 2.26. The zero-order valence-corrected chi connectivity index (χ0v) is 14.5. The first-order chi connectivity index (χ1) is 11.0. The summed E-state index contributed by atoms with van der Waals surface area (Å²) in [5.41, 5.74) is 0.327. The van der Waals surface area contributed by atoms with Crippen LogP contribution < -0.4 is 10.1 Å². The Morgan fingerprint density at radius 2 is 2.22 bits per heavy atom. The van der Waals surface area contributed by atoms with Crippen LogP contribution in [-0.2, 0) is 4.79 Å². The van der Waals surface area contributed by atoms with Crippen LogP contribution in [0, 0.1) is 11.3 Å². The summed E-state index contributed by atoms with van der Waals surface area (Å²) in [6, 6.07) is 5.31. The molecule has 1 fully saturated rings. The fraction of sp³-hybridized carbons (Fsp3) is 0.412. The molecule has 1 aliphatic rings. The second-order valence-corrected chi connectivity index (χ2v) is 6.32. The number of ether oxygens (including phenoxy) is 1. The van der Waals surface area contributed by atoms with Crippen LogP contribution in [0.2, 0.25) is 0 Å². The van der Waals surface area contributed by atoms with E-state index in [1.165, 1.54) is 6.08 Å². The van der Waals surface area contributed by atoms with Crippen molar-refractivity contribution < 1.29 is 14.6 Å². The number of amides is 1. The highest BCUT2D eigenvalue weighted by molar-refractivity contribution is 9.10. The largest absolute Gasteiger partial charge is 0.504 e. The lowest BCUT2D eigenvalue weighted by Gasteiger charge is -2.12. The molecule has 5 nitrogen and oxygen atoms in total. The van der Waals surface area contributed by atoms with Crippen molar-refractivity contribution in [2.75, 3.05) is 6.61 Å². The van der Waals surface area contributed by atoms with Gasteiger partial charge in [-0.1, -0.05) is 28.8 Å². The summed E-state index contributed by atoms with van der Waals surface area (Å²) in [6.45, 7) is 2.21. The summed E-state index contributed by atoms with van der Waals surface area (Å²) < 4.78 is 6.04. The van der Waals surface area contributed by atoms with Crippen molar-refractivity contribution in [2.24, 2.45) is 0 Å². The van der Waals surface area contributed by atoms with Gasteiger partial charge in [0, 0.05) is 16.1 Å². The van der Waals surface area contributed by atoms with E-state index >= 15 is 0 Å². The van der Waals surface area contributed by atoms with E-state index in [1.807, 2.05) is 13.0 Å². The van der Waals surface area contributed by atoms with E-state index in [0.717, 1.165) is 25.7 Å². The molecule has 6 heteroatoms. The second kappa shape index (κ2) is 8.02. The topological polar surface area (TPSA) is 82.3 Å². The van der Waals surface area contributed by atoms with Gasteiger partial charge in [-0.3, -0.25) is 4.79 Å². The third-order valence-electron chi connectivity index (χ3n) is 3.72. The number of benzene rings is 1. The zero-order valence-electron chi connectivity index (χ0n) is 12.9. The number of hydrogen-bond acceptors (Lipinski definition) is 4. The van der Waals surface area contributed by atoms with Gasteiger partial charge in [0.15, 0.2) is 11.5 Å². The highest BCUT2D eigenvalue weighted by Gasteiger charge is 2.20. The number of nitriles is 1. The Bertz CT molecular complexity index is 659. The molecule has 0 atom stereocenters. The molecule has 0 unspecified atom stereocenters. The summed E-state index contributed by atoms with van der Waals surface area (Å²) in [5, 5.41) is 22.4. The van der Waals surface area contributed by atoms with Crippen LogP contribution in [0.15, 0.2) is 22.2 Å². The Labute approximate surface area is 144 Å². The van der Waals surface area contributed by atoms with Crippen molar-refractivity contribution in [1.29, 1.82) is 5.26 Å². The van der Waals surface area contributed by atoms with Crippen LogP contribution in [0.1, 0.15) is 38.2 Å². The van der Waals surface area contributed by atoms with Gasteiger partial charge in [-0.25, -0.2) is 0 Å². The molecule has 0 aromatic heterocycles. The predicted octanol–water partition coefficient (Wildman–Crippen LogP) is 3.52. The van der Waals surface area contributed by atoms with E-state index in [2.05, 4.69) is 21.2 Å². The van der Waals surface area contributed by atoms with Crippen LogP contribution in [0.5, 0.6) is 11.5 Å². The number of phenols is 1. The summed E-state index contributed by atoms with van der Waals surface area (Å²) in [6.07, 6.45) is 5.47. The molecular weight excluding hydrogens is 360 g/mol. The van der Waals surface area contributed by atoms with Crippen molar-refractivity contribution in [3.8, 4) is 17.6 Å². The summed E-state index contributed by atoms with van der Waals surface area (Å²) in [5.74, 6) is -0.185. The maximum absolute atomic E-state index is 12.2. The Kier molecular flexibility index (Phi) is 6.05. The first-order valence-corrected chi connectivity index (χ1v) is 8.42. The van der Waals surface area contributed by atoms with Gasteiger partial charge in [-0.05, 0) is 38.0 Å². The third kappa shape index (κ3) is 4.49. The number of aromatic hydroxyl groups is 1. The monoisotopic (exact) mass is 378 g/mol. The average Bonchev–Trinajstić information content (AvgIpc) is 3.02. The Morgan fingerprint density at radius 1 is 1.52 bits per heavy atom. The van der Waals surface area contributed by atoms with Gasteiger partial charge in [-0.2, -0.15) is 5.26 Å². The van der Waals surface area contributed by atoms with Gasteiger partial charge in [-0.15, -0.1) is 0 Å². The number of rotatable bonds is 5. The number of nitrogens with one attached hydrogen (secondary N) is 1. The smallest absolute Gasteiger partial charge is 0.262 e. The first-order valence-electron chi connectivity index (χ1n) is 7.63. The van der Waals surface area contributed by atoms with E-state index in [9.17, 15) is 15.2 Å². The van der Waals surface area contributed by atoms with Crippen LogP contribution in [-0.4, -0.2) is 23.7 Å².